The number of carboxylic acids is 1. The van der Waals surface area contributed by atoms with E-state index in [0.29, 0.717) is 11.5 Å². The molecular formula is C8H12Cl2O2. The van der Waals surface area contributed by atoms with Crippen molar-refractivity contribution >= 4 is 29.2 Å². The van der Waals surface area contributed by atoms with E-state index in [0.717, 1.165) is 0 Å². The largest absolute Gasteiger partial charge is 0.481 e. The minimum absolute atomic E-state index is 0.0628. The molecule has 0 saturated heterocycles. The van der Waals surface area contributed by atoms with Crippen molar-refractivity contribution in [3.63, 3.8) is 0 Å². The quantitative estimate of drug-likeness (QED) is 0.775. The normalized spacial score (nSPS) is 14.9. The molecule has 0 aliphatic carbocycles. The summed E-state index contributed by atoms with van der Waals surface area (Å²) in [6, 6.07) is 0. The molecule has 1 unspecified atom stereocenters. The summed E-state index contributed by atoms with van der Waals surface area (Å²) < 4.78 is 0. The van der Waals surface area contributed by atoms with E-state index in [2.05, 4.69) is 0 Å². The molecule has 0 spiro atoms. The lowest BCUT2D eigenvalue weighted by atomic mass is 9.93. The maximum atomic E-state index is 10.7. The van der Waals surface area contributed by atoms with Crippen molar-refractivity contribution in [1.82, 2.24) is 0 Å². The number of rotatable bonds is 4. The van der Waals surface area contributed by atoms with Gasteiger partial charge in [0, 0.05) is 10.6 Å². The van der Waals surface area contributed by atoms with Crippen LogP contribution in [-0.2, 0) is 4.79 Å². The lowest BCUT2D eigenvalue weighted by Crippen LogP contribution is -2.19. The summed E-state index contributed by atoms with van der Waals surface area (Å²) in [4.78, 5) is 10.7. The smallest absolute Gasteiger partial charge is 0.307 e. The van der Waals surface area contributed by atoms with Gasteiger partial charge in [-0.25, -0.2) is 0 Å². The molecular weight excluding hydrogens is 199 g/mol. The molecule has 0 radical (unpaired) electrons. The summed E-state index contributed by atoms with van der Waals surface area (Å²) >= 11 is 10.9. The molecule has 0 aliphatic heterocycles. The number of hydrogen-bond donors (Lipinski definition) is 1. The van der Waals surface area contributed by atoms with E-state index in [9.17, 15) is 4.79 Å². The van der Waals surface area contributed by atoms with Gasteiger partial charge in [0.05, 0.1) is 5.92 Å². The molecule has 0 amide bonds. The van der Waals surface area contributed by atoms with Crippen LogP contribution in [0, 0.1) is 11.8 Å². The molecule has 0 fully saturated rings. The Morgan fingerprint density at radius 1 is 1.58 bits per heavy atom. The molecule has 12 heavy (non-hydrogen) atoms. The first-order valence-corrected chi connectivity index (χ1v) is 4.48. The number of allylic oxidation sites excluding steroid dienone is 1. The van der Waals surface area contributed by atoms with Gasteiger partial charge in [0.1, 0.15) is 0 Å². The average Bonchev–Trinajstić information content (AvgIpc) is 1.98. The van der Waals surface area contributed by atoms with Crippen LogP contribution in [0.3, 0.4) is 0 Å². The zero-order valence-corrected chi connectivity index (χ0v) is 8.56. The van der Waals surface area contributed by atoms with Crippen LogP contribution in [0.5, 0.6) is 0 Å². The lowest BCUT2D eigenvalue weighted by Gasteiger charge is -2.14. The van der Waals surface area contributed by atoms with Crippen molar-refractivity contribution in [3.8, 4) is 0 Å². The van der Waals surface area contributed by atoms with Crippen LogP contribution in [0.15, 0.2) is 10.6 Å². The van der Waals surface area contributed by atoms with E-state index in [-0.39, 0.29) is 5.92 Å². The second-order valence-electron chi connectivity index (χ2n) is 2.95. The van der Waals surface area contributed by atoms with Gasteiger partial charge in [0.25, 0.3) is 0 Å². The molecule has 1 atom stereocenters. The summed E-state index contributed by atoms with van der Waals surface area (Å²) in [6.45, 7) is 3.69. The molecule has 70 valence electrons. The Kier molecular flexibility index (Phi) is 5.34. The van der Waals surface area contributed by atoms with Crippen LogP contribution < -0.4 is 0 Å². The fourth-order valence-electron chi connectivity index (χ4n) is 0.863. The summed E-state index contributed by atoms with van der Waals surface area (Å²) in [5, 5.41) is 9.15. The minimum atomic E-state index is -0.832. The predicted molar refractivity (Wildman–Crippen MR) is 50.4 cm³/mol. The molecule has 0 heterocycles. The van der Waals surface area contributed by atoms with Gasteiger partial charge in [-0.05, 0) is 12.3 Å². The molecule has 0 aliphatic rings. The number of carboxylic acid groups (broad SMARTS) is 1. The van der Waals surface area contributed by atoms with Crippen molar-refractivity contribution in [3.05, 3.63) is 10.6 Å². The van der Waals surface area contributed by atoms with Gasteiger partial charge >= 0.3 is 5.97 Å². The van der Waals surface area contributed by atoms with Crippen LogP contribution in [0.4, 0.5) is 0 Å². The van der Waals surface area contributed by atoms with Crippen molar-refractivity contribution in [2.75, 3.05) is 0 Å². The number of carbonyl (C=O) groups is 1. The van der Waals surface area contributed by atoms with Gasteiger partial charge in [-0.15, -0.1) is 0 Å². The van der Waals surface area contributed by atoms with Gasteiger partial charge in [0.2, 0.25) is 0 Å². The van der Waals surface area contributed by atoms with Crippen molar-refractivity contribution in [1.29, 1.82) is 0 Å². The third-order valence-electron chi connectivity index (χ3n) is 1.66. The van der Waals surface area contributed by atoms with Gasteiger partial charge < -0.3 is 5.11 Å². The first-order chi connectivity index (χ1) is 5.49. The predicted octanol–water partition coefficient (Wildman–Crippen LogP) is 3.05. The molecule has 4 heteroatoms. The molecule has 0 rings (SSSR count). The Morgan fingerprint density at radius 3 is 2.33 bits per heavy atom. The van der Waals surface area contributed by atoms with E-state index in [1.54, 1.807) is 0 Å². The van der Waals surface area contributed by atoms with Gasteiger partial charge in [-0.1, -0.05) is 37.0 Å². The van der Waals surface area contributed by atoms with E-state index in [4.69, 9.17) is 28.3 Å². The van der Waals surface area contributed by atoms with Crippen LogP contribution >= 0.6 is 23.2 Å². The van der Waals surface area contributed by atoms with Crippen molar-refractivity contribution in [2.24, 2.45) is 11.8 Å². The zero-order chi connectivity index (χ0) is 9.72. The number of hydrogen-bond acceptors (Lipinski definition) is 1. The minimum Gasteiger partial charge on any atom is -0.481 e. The fourth-order valence-corrected chi connectivity index (χ4v) is 1.12. The maximum Gasteiger partial charge on any atom is 0.307 e. The number of aliphatic carboxylic acids is 1. The highest BCUT2D eigenvalue weighted by Gasteiger charge is 2.21. The Labute approximate surface area is 82.2 Å². The molecule has 0 aromatic carbocycles. The Balaban J connectivity index is 4.24. The highest BCUT2D eigenvalue weighted by molar-refractivity contribution is 6.36. The van der Waals surface area contributed by atoms with Crippen molar-refractivity contribution < 1.29 is 9.90 Å². The third kappa shape index (κ3) is 3.98. The monoisotopic (exact) mass is 210 g/mol. The molecule has 2 nitrogen and oxygen atoms in total. The van der Waals surface area contributed by atoms with Crippen LogP contribution in [0.2, 0.25) is 0 Å². The zero-order valence-electron chi connectivity index (χ0n) is 7.05. The Bertz CT molecular complexity index is 187. The number of halogens is 2. The molecule has 0 bridgehead atoms. The molecule has 0 saturated carbocycles. The van der Waals surface area contributed by atoms with Crippen LogP contribution in [0.25, 0.3) is 0 Å². The topological polar surface area (TPSA) is 37.3 Å². The molecule has 0 aromatic heterocycles. The molecule has 0 aromatic rings. The highest BCUT2D eigenvalue weighted by atomic mass is 35.5. The fraction of sp³-hybridized carbons (Fsp3) is 0.625. The summed E-state index contributed by atoms with van der Waals surface area (Å²) in [5.74, 6) is -1.22. The van der Waals surface area contributed by atoms with Crippen molar-refractivity contribution in [2.45, 2.75) is 20.3 Å². The average molecular weight is 211 g/mol. The maximum absolute atomic E-state index is 10.7. The van der Waals surface area contributed by atoms with Gasteiger partial charge in [0.15, 0.2) is 0 Å². The summed E-state index contributed by atoms with van der Waals surface area (Å²) in [6.07, 6.45) is 0.304. The van der Waals surface area contributed by atoms with Crippen LogP contribution in [0.1, 0.15) is 20.3 Å². The highest BCUT2D eigenvalue weighted by Crippen LogP contribution is 2.22. The summed E-state index contributed by atoms with van der Waals surface area (Å²) in [5.41, 5.74) is 1.21. The first kappa shape index (κ1) is 11.8. The van der Waals surface area contributed by atoms with Gasteiger partial charge in [-0.3, -0.25) is 4.79 Å². The standard InChI is InChI=1S/C8H12Cl2O2/c1-5(2)7(8(11)12)3-6(10)4-9/h4-5,7H,3H2,1-2H3,(H,11,12)/b6-4+. The lowest BCUT2D eigenvalue weighted by molar-refractivity contribution is -0.143. The van der Waals surface area contributed by atoms with E-state index < -0.39 is 11.9 Å². The SMILES string of the molecule is CC(C)C(C/C(Cl)=C\Cl)C(=O)O. The van der Waals surface area contributed by atoms with Gasteiger partial charge in [-0.2, -0.15) is 0 Å². The van der Waals surface area contributed by atoms with E-state index in [1.165, 1.54) is 5.54 Å². The Hall–Kier alpha value is -0.210. The van der Waals surface area contributed by atoms with Crippen LogP contribution in [-0.4, -0.2) is 11.1 Å². The Morgan fingerprint density at radius 2 is 2.08 bits per heavy atom. The first-order valence-electron chi connectivity index (χ1n) is 3.66. The van der Waals surface area contributed by atoms with E-state index in [1.807, 2.05) is 13.8 Å². The molecule has 1 N–H and O–H groups in total. The van der Waals surface area contributed by atoms with E-state index >= 15 is 0 Å². The third-order valence-corrected chi connectivity index (χ3v) is 2.29. The second-order valence-corrected chi connectivity index (χ2v) is 3.65. The summed E-state index contributed by atoms with van der Waals surface area (Å²) in [7, 11) is 0. The second kappa shape index (κ2) is 5.44.